The van der Waals surface area contributed by atoms with Crippen LogP contribution in [0.4, 0.5) is 15.8 Å². The summed E-state index contributed by atoms with van der Waals surface area (Å²) < 4.78 is 24.1. The molecule has 1 aliphatic heterocycles. The SMILES string of the molecule is Cc1noc2nc(-c3ccc(F)cc3)cc(C(=O)Nc3ccc(N4CCOCC4)cc3)c12. The number of rotatable bonds is 4. The van der Waals surface area contributed by atoms with Gasteiger partial charge in [-0.1, -0.05) is 5.16 Å². The van der Waals surface area contributed by atoms with Gasteiger partial charge in [-0.2, -0.15) is 0 Å². The molecule has 1 N–H and O–H groups in total. The normalized spacial score (nSPS) is 14.0. The molecule has 2 aromatic carbocycles. The molecular formula is C24H21FN4O3. The minimum atomic E-state index is -0.344. The first-order chi connectivity index (χ1) is 15.6. The molecule has 0 radical (unpaired) electrons. The first-order valence-corrected chi connectivity index (χ1v) is 10.4. The summed E-state index contributed by atoms with van der Waals surface area (Å²) in [5, 5.41) is 7.46. The molecule has 0 saturated carbocycles. The van der Waals surface area contributed by atoms with Gasteiger partial charge in [0.25, 0.3) is 11.6 Å². The van der Waals surface area contributed by atoms with E-state index in [0.717, 1.165) is 18.8 Å². The topological polar surface area (TPSA) is 80.5 Å². The average Bonchev–Trinajstić information content (AvgIpc) is 3.20. The molecule has 32 heavy (non-hydrogen) atoms. The minimum Gasteiger partial charge on any atom is -0.378 e. The van der Waals surface area contributed by atoms with Crippen LogP contribution in [0.1, 0.15) is 16.1 Å². The van der Waals surface area contributed by atoms with E-state index in [-0.39, 0.29) is 17.4 Å². The molecule has 0 atom stereocenters. The van der Waals surface area contributed by atoms with Gasteiger partial charge >= 0.3 is 0 Å². The monoisotopic (exact) mass is 432 g/mol. The number of aromatic nitrogens is 2. The largest absolute Gasteiger partial charge is 0.378 e. The second-order valence-electron chi connectivity index (χ2n) is 7.61. The number of amides is 1. The highest BCUT2D eigenvalue weighted by Gasteiger charge is 2.20. The maximum absolute atomic E-state index is 13.3. The summed E-state index contributed by atoms with van der Waals surface area (Å²) in [4.78, 5) is 19.9. The Bertz CT molecular complexity index is 1260. The molecule has 2 aromatic heterocycles. The highest BCUT2D eigenvalue weighted by Crippen LogP contribution is 2.28. The van der Waals surface area contributed by atoms with Gasteiger partial charge in [-0.3, -0.25) is 4.79 Å². The predicted molar refractivity (Wildman–Crippen MR) is 119 cm³/mol. The number of ether oxygens (including phenoxy) is 1. The van der Waals surface area contributed by atoms with Gasteiger partial charge in [0.15, 0.2) is 0 Å². The van der Waals surface area contributed by atoms with E-state index < -0.39 is 0 Å². The number of benzene rings is 2. The number of nitrogens with zero attached hydrogens (tertiary/aromatic N) is 3. The second-order valence-corrected chi connectivity index (χ2v) is 7.61. The van der Waals surface area contributed by atoms with Crippen LogP contribution in [0.3, 0.4) is 0 Å². The van der Waals surface area contributed by atoms with Gasteiger partial charge in [-0.05, 0) is 61.5 Å². The maximum atomic E-state index is 13.3. The fraction of sp³-hybridized carbons (Fsp3) is 0.208. The van der Waals surface area contributed by atoms with Gasteiger partial charge in [0.05, 0.1) is 35.6 Å². The molecular weight excluding hydrogens is 411 g/mol. The first kappa shape index (κ1) is 20.1. The number of morpholine rings is 1. The number of carbonyl (C=O) groups excluding carboxylic acids is 1. The third-order valence-corrected chi connectivity index (χ3v) is 5.50. The molecule has 162 valence electrons. The van der Waals surface area contributed by atoms with Crippen LogP contribution in [0, 0.1) is 12.7 Å². The quantitative estimate of drug-likeness (QED) is 0.514. The fourth-order valence-electron chi connectivity index (χ4n) is 3.82. The van der Waals surface area contributed by atoms with E-state index in [2.05, 4.69) is 20.4 Å². The third kappa shape index (κ3) is 3.92. The predicted octanol–water partition coefficient (Wildman–Crippen LogP) is 4.43. The van der Waals surface area contributed by atoms with Gasteiger partial charge in [-0.25, -0.2) is 9.37 Å². The number of carbonyl (C=O) groups is 1. The Hall–Kier alpha value is -3.78. The van der Waals surface area contributed by atoms with Crippen LogP contribution in [0.5, 0.6) is 0 Å². The molecule has 0 aliphatic carbocycles. The van der Waals surface area contributed by atoms with Crippen molar-refractivity contribution in [3.8, 4) is 11.3 Å². The molecule has 4 aromatic rings. The van der Waals surface area contributed by atoms with Crippen LogP contribution in [0.2, 0.25) is 0 Å². The summed E-state index contributed by atoms with van der Waals surface area (Å²) in [6, 6.07) is 15.3. The molecule has 0 unspecified atom stereocenters. The second kappa shape index (κ2) is 8.39. The van der Waals surface area contributed by atoms with Crippen molar-refractivity contribution < 1.29 is 18.4 Å². The number of pyridine rings is 1. The number of hydrogen-bond acceptors (Lipinski definition) is 6. The number of halogens is 1. The average molecular weight is 432 g/mol. The molecule has 8 heteroatoms. The van der Waals surface area contributed by atoms with Crippen molar-refractivity contribution in [2.45, 2.75) is 6.92 Å². The summed E-state index contributed by atoms with van der Waals surface area (Å²) in [6.45, 7) is 4.88. The van der Waals surface area contributed by atoms with Crippen molar-refractivity contribution in [1.29, 1.82) is 0 Å². The van der Waals surface area contributed by atoms with Crippen molar-refractivity contribution in [2.24, 2.45) is 0 Å². The molecule has 7 nitrogen and oxygen atoms in total. The summed E-state index contributed by atoms with van der Waals surface area (Å²) >= 11 is 0. The molecule has 1 saturated heterocycles. The number of aryl methyl sites for hydroxylation is 1. The molecule has 0 spiro atoms. The van der Waals surface area contributed by atoms with Crippen molar-refractivity contribution >= 4 is 28.4 Å². The smallest absolute Gasteiger partial charge is 0.259 e. The van der Waals surface area contributed by atoms with Crippen LogP contribution in [-0.4, -0.2) is 42.4 Å². The molecule has 1 aliphatic rings. The lowest BCUT2D eigenvalue weighted by Crippen LogP contribution is -2.36. The third-order valence-electron chi connectivity index (χ3n) is 5.50. The van der Waals surface area contributed by atoms with E-state index in [1.807, 2.05) is 24.3 Å². The van der Waals surface area contributed by atoms with E-state index in [0.29, 0.717) is 46.8 Å². The minimum absolute atomic E-state index is 0.261. The molecule has 3 heterocycles. The molecule has 1 amide bonds. The number of fused-ring (bicyclic) bond motifs is 1. The Morgan fingerprint density at radius 1 is 1.06 bits per heavy atom. The van der Waals surface area contributed by atoms with Gasteiger partial charge in [0, 0.05) is 30.0 Å². The van der Waals surface area contributed by atoms with Crippen molar-refractivity contribution in [3.63, 3.8) is 0 Å². The van der Waals surface area contributed by atoms with Crippen molar-refractivity contribution in [2.75, 3.05) is 36.5 Å². The van der Waals surface area contributed by atoms with E-state index in [1.54, 1.807) is 25.1 Å². The number of hydrogen-bond donors (Lipinski definition) is 1. The Morgan fingerprint density at radius 3 is 2.50 bits per heavy atom. The number of nitrogens with one attached hydrogen (secondary N) is 1. The fourth-order valence-corrected chi connectivity index (χ4v) is 3.82. The summed E-state index contributed by atoms with van der Waals surface area (Å²) in [6.07, 6.45) is 0. The zero-order valence-corrected chi connectivity index (χ0v) is 17.5. The van der Waals surface area contributed by atoms with Crippen LogP contribution in [0.25, 0.3) is 22.4 Å². The Kier molecular flexibility index (Phi) is 5.28. The van der Waals surface area contributed by atoms with Crippen LogP contribution in [-0.2, 0) is 4.74 Å². The van der Waals surface area contributed by atoms with Crippen molar-refractivity contribution in [3.05, 3.63) is 71.7 Å². The van der Waals surface area contributed by atoms with Crippen LogP contribution in [0.15, 0.2) is 59.1 Å². The molecule has 0 bridgehead atoms. The van der Waals surface area contributed by atoms with Gasteiger partial charge in [0.2, 0.25) is 0 Å². The Balaban J connectivity index is 1.44. The summed E-state index contributed by atoms with van der Waals surface area (Å²) in [5.74, 6) is -0.644. The maximum Gasteiger partial charge on any atom is 0.259 e. The van der Waals surface area contributed by atoms with Gasteiger partial charge in [0.1, 0.15) is 5.82 Å². The zero-order valence-electron chi connectivity index (χ0n) is 17.5. The highest BCUT2D eigenvalue weighted by molar-refractivity contribution is 6.13. The number of anilines is 2. The van der Waals surface area contributed by atoms with E-state index in [1.165, 1.54) is 12.1 Å². The highest BCUT2D eigenvalue weighted by atomic mass is 19.1. The summed E-state index contributed by atoms with van der Waals surface area (Å²) in [5.41, 5.74) is 4.17. The van der Waals surface area contributed by atoms with Crippen LogP contribution < -0.4 is 10.2 Å². The first-order valence-electron chi connectivity index (χ1n) is 10.4. The Morgan fingerprint density at radius 2 is 1.78 bits per heavy atom. The van der Waals surface area contributed by atoms with E-state index >= 15 is 0 Å². The Labute approximate surface area is 183 Å². The van der Waals surface area contributed by atoms with Gasteiger partial charge < -0.3 is 19.5 Å². The standard InChI is InChI=1S/C24H21FN4O3/c1-15-22-20(14-21(27-24(22)32-28-15)16-2-4-17(25)5-3-16)23(30)26-18-6-8-19(9-7-18)29-10-12-31-13-11-29/h2-9,14H,10-13H2,1H3,(H,26,30). The summed E-state index contributed by atoms with van der Waals surface area (Å²) in [7, 11) is 0. The lowest BCUT2D eigenvalue weighted by molar-refractivity contribution is 0.102. The molecule has 5 rings (SSSR count). The van der Waals surface area contributed by atoms with E-state index in [9.17, 15) is 9.18 Å². The molecule has 1 fully saturated rings. The lowest BCUT2D eigenvalue weighted by Gasteiger charge is -2.28. The van der Waals surface area contributed by atoms with Crippen molar-refractivity contribution in [1.82, 2.24) is 10.1 Å². The van der Waals surface area contributed by atoms with Gasteiger partial charge in [-0.15, -0.1) is 0 Å². The zero-order chi connectivity index (χ0) is 22.1. The van der Waals surface area contributed by atoms with E-state index in [4.69, 9.17) is 9.26 Å². The lowest BCUT2D eigenvalue weighted by atomic mass is 10.0. The van der Waals surface area contributed by atoms with Crippen LogP contribution >= 0.6 is 0 Å².